The first kappa shape index (κ1) is 38.1. The molecule has 0 aliphatic carbocycles. The molecule has 0 bridgehead atoms. The predicted octanol–water partition coefficient (Wildman–Crippen LogP) is 13.7. The first-order chi connectivity index (χ1) is 17.7. The van der Waals surface area contributed by atoms with Crippen molar-refractivity contribution in [3.8, 4) is 0 Å². The van der Waals surface area contributed by atoms with Gasteiger partial charge >= 0.3 is 0 Å². The first-order valence-electron chi connectivity index (χ1n) is 16.3. The molecule has 37 heavy (non-hydrogen) atoms. The van der Waals surface area contributed by atoms with E-state index in [1.165, 1.54) is 157 Å². The topological polar surface area (TPSA) is 0 Å². The van der Waals surface area contributed by atoms with Gasteiger partial charge in [0.1, 0.15) is 0 Å². The normalized spacial score (nSPS) is 12.4. The van der Waals surface area contributed by atoms with Crippen LogP contribution in [0.1, 0.15) is 176 Å². The van der Waals surface area contributed by atoms with Crippen molar-refractivity contribution in [3.05, 3.63) is 48.6 Å². The van der Waals surface area contributed by atoms with Crippen molar-refractivity contribution in [2.75, 3.05) is 0 Å². The lowest BCUT2D eigenvalue weighted by molar-refractivity contribution is 0.433. The second kappa shape index (κ2) is 28.0. The molecule has 0 heteroatoms. The molecular formula is C37H70. The number of allylic oxidation sites excluding steroid dienone is 4. The van der Waals surface area contributed by atoms with Crippen molar-refractivity contribution in [2.45, 2.75) is 176 Å². The lowest BCUT2D eigenvalue weighted by Gasteiger charge is -2.15. The molecule has 218 valence electrons. The van der Waals surface area contributed by atoms with Gasteiger partial charge < -0.3 is 0 Å². The van der Waals surface area contributed by atoms with Crippen molar-refractivity contribution in [3.63, 3.8) is 0 Å². The van der Waals surface area contributed by atoms with E-state index in [2.05, 4.69) is 67.9 Å². The molecule has 0 saturated carbocycles. The number of rotatable bonds is 25. The third-order valence-electron chi connectivity index (χ3n) is 7.94. The van der Waals surface area contributed by atoms with Crippen LogP contribution in [0.25, 0.3) is 0 Å². The third-order valence-corrected chi connectivity index (χ3v) is 7.94. The summed E-state index contributed by atoms with van der Waals surface area (Å²) >= 11 is 0. The highest BCUT2D eigenvalue weighted by Crippen LogP contribution is 2.24. The van der Waals surface area contributed by atoms with Crippen LogP contribution in [0.15, 0.2) is 48.6 Å². The third kappa shape index (κ3) is 29.4. The fourth-order valence-corrected chi connectivity index (χ4v) is 4.85. The van der Waals surface area contributed by atoms with Gasteiger partial charge in [0.05, 0.1) is 0 Å². The molecule has 0 aliphatic heterocycles. The Labute approximate surface area is 236 Å². The summed E-state index contributed by atoms with van der Waals surface area (Å²) < 4.78 is 0. The van der Waals surface area contributed by atoms with E-state index in [1.807, 2.05) is 0 Å². The van der Waals surface area contributed by atoms with E-state index in [0.29, 0.717) is 0 Å². The zero-order valence-corrected chi connectivity index (χ0v) is 26.8. The van der Waals surface area contributed by atoms with E-state index in [-0.39, 0.29) is 0 Å². The lowest BCUT2D eigenvalue weighted by Crippen LogP contribution is -2.00. The molecule has 2 unspecified atom stereocenters. The monoisotopic (exact) mass is 515 g/mol. The van der Waals surface area contributed by atoms with Gasteiger partial charge in [-0.25, -0.2) is 0 Å². The van der Waals surface area contributed by atoms with Crippen LogP contribution in [-0.2, 0) is 0 Å². The van der Waals surface area contributed by atoms with Gasteiger partial charge in [-0.2, -0.15) is 0 Å². The van der Waals surface area contributed by atoms with Crippen molar-refractivity contribution in [1.82, 2.24) is 0 Å². The average Bonchev–Trinajstić information content (AvgIpc) is 2.86. The highest BCUT2D eigenvalue weighted by Gasteiger charge is 2.08. The van der Waals surface area contributed by atoms with Gasteiger partial charge in [0.2, 0.25) is 0 Å². The second-order valence-electron chi connectivity index (χ2n) is 12.1. The molecule has 0 saturated heterocycles. The summed E-state index contributed by atoms with van der Waals surface area (Å²) in [5.41, 5.74) is 5.60. The van der Waals surface area contributed by atoms with Gasteiger partial charge in [-0.05, 0) is 103 Å². The van der Waals surface area contributed by atoms with Crippen LogP contribution in [0.4, 0.5) is 0 Å². The van der Waals surface area contributed by atoms with Gasteiger partial charge in [-0.1, -0.05) is 121 Å². The minimum atomic E-state index is 0.869. The molecule has 0 rings (SSSR count). The van der Waals surface area contributed by atoms with Gasteiger partial charge in [-0.15, -0.1) is 13.2 Å². The zero-order valence-electron chi connectivity index (χ0n) is 26.8. The van der Waals surface area contributed by atoms with Crippen molar-refractivity contribution >= 4 is 0 Å². The average molecular weight is 515 g/mol. The lowest BCUT2D eigenvalue weighted by atomic mass is 9.91. The van der Waals surface area contributed by atoms with Crippen LogP contribution in [0, 0.1) is 11.8 Å². The van der Waals surface area contributed by atoms with Crippen LogP contribution in [0.3, 0.4) is 0 Å². The van der Waals surface area contributed by atoms with Crippen molar-refractivity contribution in [1.29, 1.82) is 0 Å². The van der Waals surface area contributed by atoms with Crippen molar-refractivity contribution in [2.24, 2.45) is 11.8 Å². The standard InChI is InChI=1S/C19H36.C18H34/c1-6-8-9-10-11-12-18(5)14-16-19(7-2)15-13-17(3)4;1-6-8-9-10-11-17(5)13-15-18(7-2)14-12-16(3)4/h19H,3,5-16H2,1-2,4H3;18H,3,5-15H2,1-2,4H3. The Hall–Kier alpha value is -1.04. The van der Waals surface area contributed by atoms with Crippen LogP contribution in [-0.4, -0.2) is 0 Å². The Morgan fingerprint density at radius 1 is 0.432 bits per heavy atom. The second-order valence-corrected chi connectivity index (χ2v) is 12.1. The SMILES string of the molecule is C=C(C)CCC(CC)CCC(=C)CCCCCC.C=C(C)CCC(CC)CCC(=C)CCCCCCC. The number of hydrogen-bond donors (Lipinski definition) is 0. The van der Waals surface area contributed by atoms with E-state index in [0.717, 1.165) is 11.8 Å². The molecule has 0 aromatic carbocycles. The van der Waals surface area contributed by atoms with Crippen LogP contribution in [0.5, 0.6) is 0 Å². The summed E-state index contributed by atoms with van der Waals surface area (Å²) in [6, 6.07) is 0. The summed E-state index contributed by atoms with van der Waals surface area (Å²) in [5.74, 6) is 1.74. The van der Waals surface area contributed by atoms with Gasteiger partial charge in [0.15, 0.2) is 0 Å². The first-order valence-corrected chi connectivity index (χ1v) is 16.3. The van der Waals surface area contributed by atoms with E-state index in [4.69, 9.17) is 0 Å². The molecule has 0 N–H and O–H groups in total. The van der Waals surface area contributed by atoms with E-state index < -0.39 is 0 Å². The summed E-state index contributed by atoms with van der Waals surface area (Å²) in [6.07, 6.45) is 27.6. The molecule has 0 aliphatic rings. The quantitative estimate of drug-likeness (QED) is 0.0839. The summed E-state index contributed by atoms with van der Waals surface area (Å²) in [6.45, 7) is 29.9. The van der Waals surface area contributed by atoms with E-state index in [1.54, 1.807) is 0 Å². The summed E-state index contributed by atoms with van der Waals surface area (Å²) in [4.78, 5) is 0. The minimum Gasteiger partial charge on any atom is -0.100 e. The van der Waals surface area contributed by atoms with Crippen molar-refractivity contribution < 1.29 is 0 Å². The minimum absolute atomic E-state index is 0.869. The summed E-state index contributed by atoms with van der Waals surface area (Å²) in [5, 5.41) is 0. The molecule has 0 radical (unpaired) electrons. The van der Waals surface area contributed by atoms with E-state index in [9.17, 15) is 0 Å². The highest BCUT2D eigenvalue weighted by atomic mass is 14.1. The molecule has 0 aromatic heterocycles. The largest absolute Gasteiger partial charge is 0.100 e. The molecule has 0 amide bonds. The molecule has 0 spiro atoms. The van der Waals surface area contributed by atoms with Gasteiger partial charge in [0.25, 0.3) is 0 Å². The Morgan fingerprint density at radius 2 is 0.757 bits per heavy atom. The highest BCUT2D eigenvalue weighted by molar-refractivity contribution is 4.95. The molecule has 0 fully saturated rings. The maximum atomic E-state index is 4.26. The van der Waals surface area contributed by atoms with Crippen LogP contribution < -0.4 is 0 Å². The number of unbranched alkanes of at least 4 members (excludes halogenated alkanes) is 7. The molecular weight excluding hydrogens is 444 g/mol. The fourth-order valence-electron chi connectivity index (χ4n) is 4.85. The predicted molar refractivity (Wildman–Crippen MR) is 175 cm³/mol. The zero-order chi connectivity index (χ0) is 28.3. The smallest absolute Gasteiger partial charge is 0.0320 e. The van der Waals surface area contributed by atoms with Crippen LogP contribution in [0.2, 0.25) is 0 Å². The maximum Gasteiger partial charge on any atom is -0.0320 e. The van der Waals surface area contributed by atoms with Gasteiger partial charge in [0, 0.05) is 0 Å². The fraction of sp³-hybridized carbons (Fsp3) is 0.784. The Kier molecular flexibility index (Phi) is 28.8. The maximum absolute atomic E-state index is 4.26. The molecule has 0 aromatic rings. The number of hydrogen-bond acceptors (Lipinski definition) is 0. The molecule has 2 atom stereocenters. The molecule has 0 heterocycles. The van der Waals surface area contributed by atoms with E-state index >= 15 is 0 Å². The Morgan fingerprint density at radius 3 is 1.08 bits per heavy atom. The summed E-state index contributed by atoms with van der Waals surface area (Å²) in [7, 11) is 0. The van der Waals surface area contributed by atoms with Gasteiger partial charge in [-0.3, -0.25) is 0 Å². The Balaban J connectivity index is 0. The molecule has 0 nitrogen and oxygen atoms in total. The Bertz CT molecular complexity index is 563. The van der Waals surface area contributed by atoms with Crippen LogP contribution >= 0.6 is 0 Å².